The summed E-state index contributed by atoms with van der Waals surface area (Å²) in [7, 11) is 0. The molecule has 0 aliphatic heterocycles. The van der Waals surface area contributed by atoms with E-state index in [9.17, 15) is 5.11 Å². The van der Waals surface area contributed by atoms with E-state index in [0.29, 0.717) is 6.61 Å². The molecular weight excluding hydrogens is 258 g/mol. The summed E-state index contributed by atoms with van der Waals surface area (Å²) in [6, 6.07) is 0. The predicted molar refractivity (Wildman–Crippen MR) is 80.3 cm³/mol. The minimum Gasteiger partial charge on any atom is -0.389 e. The maximum atomic E-state index is 9.62. The molecule has 0 amide bonds. The van der Waals surface area contributed by atoms with Crippen molar-refractivity contribution >= 4 is 0 Å². The highest BCUT2D eigenvalue weighted by Crippen LogP contribution is 2.08. The fourth-order valence-corrected chi connectivity index (χ4v) is 2.07. The van der Waals surface area contributed by atoms with Gasteiger partial charge in [0.1, 0.15) is 0 Å². The average Bonchev–Trinajstić information content (AvgIpc) is 2.46. The first kappa shape index (κ1) is 19.8. The van der Waals surface area contributed by atoms with Gasteiger partial charge in [-0.1, -0.05) is 51.9 Å². The Labute approximate surface area is 123 Å². The molecule has 0 spiro atoms. The molecule has 0 aromatic heterocycles. The van der Waals surface area contributed by atoms with Gasteiger partial charge in [-0.15, -0.1) is 0 Å². The summed E-state index contributed by atoms with van der Waals surface area (Å²) in [6.07, 6.45) is 9.45. The van der Waals surface area contributed by atoms with Gasteiger partial charge in [0.2, 0.25) is 0 Å². The van der Waals surface area contributed by atoms with Crippen LogP contribution in [-0.2, 0) is 4.74 Å². The molecule has 0 aromatic carbocycles. The van der Waals surface area contributed by atoms with Crippen LogP contribution in [0, 0.1) is 0 Å². The summed E-state index contributed by atoms with van der Waals surface area (Å²) in [5.41, 5.74) is 0. The van der Waals surface area contributed by atoms with Gasteiger partial charge in [0.05, 0.1) is 26.2 Å². The average molecular weight is 291 g/mol. The maximum Gasteiger partial charge on any atom is 0.0975 e. The smallest absolute Gasteiger partial charge is 0.0975 e. The van der Waals surface area contributed by atoms with Crippen molar-refractivity contribution in [2.24, 2.45) is 0 Å². The van der Waals surface area contributed by atoms with Gasteiger partial charge in [-0.3, -0.25) is 4.90 Å². The lowest BCUT2D eigenvalue weighted by Crippen LogP contribution is -2.36. The zero-order valence-electron chi connectivity index (χ0n) is 13.0. The van der Waals surface area contributed by atoms with E-state index in [-0.39, 0.29) is 26.6 Å². The summed E-state index contributed by atoms with van der Waals surface area (Å²) >= 11 is 0. The van der Waals surface area contributed by atoms with E-state index in [1.54, 1.807) is 0 Å². The lowest BCUT2D eigenvalue weighted by Gasteiger charge is -2.20. The Balaban J connectivity index is 3.22. The molecule has 3 N–H and O–H groups in total. The number of ether oxygens (including phenoxy) is 1. The van der Waals surface area contributed by atoms with Crippen molar-refractivity contribution in [3.05, 3.63) is 0 Å². The lowest BCUT2D eigenvalue weighted by molar-refractivity contribution is -0.0304. The normalized spacial score (nSPS) is 13.1. The van der Waals surface area contributed by atoms with Gasteiger partial charge in [0.15, 0.2) is 0 Å². The summed E-state index contributed by atoms with van der Waals surface area (Å²) in [5, 5.41) is 27.3. The second-order valence-corrected chi connectivity index (χ2v) is 5.34. The standard InChI is InChI=1S/C15H33NO4/c1-2-3-4-5-6-7-8-9-10-20-12-15(19)11-16(13-17)14-18/h15,17-19H,2-14H2,1H3. The number of aliphatic hydroxyl groups excluding tert-OH is 3. The zero-order valence-corrected chi connectivity index (χ0v) is 13.0. The van der Waals surface area contributed by atoms with E-state index < -0.39 is 6.10 Å². The summed E-state index contributed by atoms with van der Waals surface area (Å²) in [6.45, 7) is 2.87. The molecule has 0 fully saturated rings. The van der Waals surface area contributed by atoms with Gasteiger partial charge >= 0.3 is 0 Å². The quantitative estimate of drug-likeness (QED) is 0.316. The van der Waals surface area contributed by atoms with Crippen LogP contribution < -0.4 is 0 Å². The largest absolute Gasteiger partial charge is 0.389 e. The third-order valence-electron chi connectivity index (χ3n) is 3.32. The monoisotopic (exact) mass is 291 g/mol. The highest BCUT2D eigenvalue weighted by atomic mass is 16.5. The first-order chi connectivity index (χ1) is 9.74. The molecule has 0 heterocycles. The van der Waals surface area contributed by atoms with E-state index >= 15 is 0 Å². The van der Waals surface area contributed by atoms with E-state index in [1.165, 1.54) is 49.8 Å². The molecule has 0 bridgehead atoms. The second-order valence-electron chi connectivity index (χ2n) is 5.34. The first-order valence-corrected chi connectivity index (χ1v) is 7.94. The van der Waals surface area contributed by atoms with Crippen LogP contribution in [0.1, 0.15) is 58.3 Å². The molecule has 0 aliphatic rings. The van der Waals surface area contributed by atoms with Crippen LogP contribution >= 0.6 is 0 Å². The van der Waals surface area contributed by atoms with Crippen molar-refractivity contribution < 1.29 is 20.1 Å². The highest BCUT2D eigenvalue weighted by Gasteiger charge is 2.09. The molecule has 0 radical (unpaired) electrons. The highest BCUT2D eigenvalue weighted by molar-refractivity contribution is 4.58. The molecule has 122 valence electrons. The predicted octanol–water partition coefficient (Wildman–Crippen LogP) is 1.71. The van der Waals surface area contributed by atoms with Crippen LogP contribution in [0.2, 0.25) is 0 Å². The van der Waals surface area contributed by atoms with Gasteiger partial charge < -0.3 is 20.1 Å². The third kappa shape index (κ3) is 12.8. The minimum atomic E-state index is -0.664. The van der Waals surface area contributed by atoms with Gasteiger partial charge in [-0.25, -0.2) is 0 Å². The molecule has 5 heteroatoms. The molecule has 0 rings (SSSR count). The van der Waals surface area contributed by atoms with Crippen LogP contribution in [-0.4, -0.2) is 59.5 Å². The molecule has 0 aromatic rings. The van der Waals surface area contributed by atoms with E-state index in [1.807, 2.05) is 0 Å². The second kappa shape index (κ2) is 15.2. The SMILES string of the molecule is CCCCCCCCCCOCC(O)CN(CO)CO. The van der Waals surface area contributed by atoms with Crippen LogP contribution in [0.15, 0.2) is 0 Å². The Morgan fingerprint density at radius 2 is 1.45 bits per heavy atom. The molecule has 5 nitrogen and oxygen atoms in total. The zero-order chi connectivity index (χ0) is 15.1. The maximum absolute atomic E-state index is 9.62. The fourth-order valence-electron chi connectivity index (χ4n) is 2.07. The minimum absolute atomic E-state index is 0.227. The lowest BCUT2D eigenvalue weighted by atomic mass is 10.1. The Bertz CT molecular complexity index is 189. The molecule has 20 heavy (non-hydrogen) atoms. The summed E-state index contributed by atoms with van der Waals surface area (Å²) in [4.78, 5) is 1.34. The number of nitrogens with zero attached hydrogens (tertiary/aromatic N) is 1. The van der Waals surface area contributed by atoms with Gasteiger partial charge in [0, 0.05) is 13.2 Å². The third-order valence-corrected chi connectivity index (χ3v) is 3.32. The molecule has 0 saturated carbocycles. The van der Waals surface area contributed by atoms with Crippen molar-refractivity contribution in [3.63, 3.8) is 0 Å². The number of hydrogen-bond donors (Lipinski definition) is 3. The van der Waals surface area contributed by atoms with Gasteiger partial charge in [-0.2, -0.15) is 0 Å². The Kier molecular flexibility index (Phi) is 15.0. The van der Waals surface area contributed by atoms with E-state index in [0.717, 1.165) is 6.42 Å². The number of rotatable bonds is 15. The van der Waals surface area contributed by atoms with Crippen molar-refractivity contribution in [2.45, 2.75) is 64.4 Å². The molecule has 0 aliphatic carbocycles. The Morgan fingerprint density at radius 1 is 0.900 bits per heavy atom. The van der Waals surface area contributed by atoms with Crippen molar-refractivity contribution in [1.29, 1.82) is 0 Å². The molecule has 0 saturated heterocycles. The van der Waals surface area contributed by atoms with Crippen LogP contribution in [0.4, 0.5) is 0 Å². The molecular formula is C15H33NO4. The van der Waals surface area contributed by atoms with Crippen LogP contribution in [0.3, 0.4) is 0 Å². The van der Waals surface area contributed by atoms with Gasteiger partial charge in [-0.05, 0) is 6.42 Å². The summed E-state index contributed by atoms with van der Waals surface area (Å²) < 4.78 is 5.39. The van der Waals surface area contributed by atoms with Crippen LogP contribution in [0.5, 0.6) is 0 Å². The van der Waals surface area contributed by atoms with Crippen molar-refractivity contribution in [2.75, 3.05) is 33.2 Å². The van der Waals surface area contributed by atoms with E-state index in [4.69, 9.17) is 14.9 Å². The Morgan fingerprint density at radius 3 is 2.00 bits per heavy atom. The van der Waals surface area contributed by atoms with Crippen molar-refractivity contribution in [3.8, 4) is 0 Å². The Hall–Kier alpha value is -0.200. The first-order valence-electron chi connectivity index (χ1n) is 7.94. The fraction of sp³-hybridized carbons (Fsp3) is 1.00. The number of aliphatic hydroxyl groups is 3. The topological polar surface area (TPSA) is 73.2 Å². The number of hydrogen-bond acceptors (Lipinski definition) is 5. The number of unbranched alkanes of at least 4 members (excludes halogenated alkanes) is 7. The van der Waals surface area contributed by atoms with E-state index in [2.05, 4.69) is 6.92 Å². The molecule has 1 atom stereocenters. The van der Waals surface area contributed by atoms with Gasteiger partial charge in [0.25, 0.3) is 0 Å². The molecule has 1 unspecified atom stereocenters. The van der Waals surface area contributed by atoms with Crippen LogP contribution in [0.25, 0.3) is 0 Å². The van der Waals surface area contributed by atoms with Crippen molar-refractivity contribution in [1.82, 2.24) is 4.90 Å². The summed E-state index contributed by atoms with van der Waals surface area (Å²) in [5.74, 6) is 0.